The van der Waals surface area contributed by atoms with Crippen LogP contribution in [0.4, 0.5) is 18.9 Å². The second kappa shape index (κ2) is 8.10. The average molecular weight is 426 g/mol. The van der Waals surface area contributed by atoms with E-state index in [1.54, 1.807) is 40.9 Å². The Labute approximate surface area is 175 Å². The van der Waals surface area contributed by atoms with E-state index in [1.807, 2.05) is 13.1 Å². The number of carbonyl (C=O) groups excluding carboxylic acids is 1. The van der Waals surface area contributed by atoms with Gasteiger partial charge in [-0.3, -0.25) is 4.79 Å². The third-order valence-corrected chi connectivity index (χ3v) is 4.47. The summed E-state index contributed by atoms with van der Waals surface area (Å²) in [4.78, 5) is 16.8. The maximum absolute atomic E-state index is 12.9. The van der Waals surface area contributed by atoms with Crippen molar-refractivity contribution in [2.24, 2.45) is 0 Å². The minimum absolute atomic E-state index is 0.0971. The van der Waals surface area contributed by atoms with Crippen LogP contribution in [0.1, 0.15) is 28.5 Å². The van der Waals surface area contributed by atoms with Crippen LogP contribution in [0.2, 0.25) is 0 Å². The van der Waals surface area contributed by atoms with Gasteiger partial charge in [-0.05, 0) is 42.8 Å². The first-order valence-corrected chi connectivity index (χ1v) is 9.43. The van der Waals surface area contributed by atoms with Crippen molar-refractivity contribution < 1.29 is 22.7 Å². The van der Waals surface area contributed by atoms with E-state index in [1.165, 1.54) is 12.1 Å². The molecule has 31 heavy (non-hydrogen) atoms. The summed E-state index contributed by atoms with van der Waals surface area (Å²) in [6.07, 6.45) is -1.92. The van der Waals surface area contributed by atoms with Crippen molar-refractivity contribution in [2.75, 3.05) is 5.32 Å². The maximum Gasteiger partial charge on any atom is 0.416 e. The first-order chi connectivity index (χ1) is 14.8. The number of fused-ring (bicyclic) bond motifs is 1. The standard InChI is InChI=1S/C22H17F3N4O2/c1-2-16-13-29-19(26-16)9-10-20(28-29)31-18-8-4-7-17(12-18)27-21(30)14-5-3-6-15(11-14)22(23,24)25/h3-13H,2H2,1H3,(H,27,30). The van der Waals surface area contributed by atoms with Crippen molar-refractivity contribution in [3.8, 4) is 11.6 Å². The molecule has 1 N–H and O–H groups in total. The van der Waals surface area contributed by atoms with Gasteiger partial charge < -0.3 is 10.1 Å². The van der Waals surface area contributed by atoms with Gasteiger partial charge >= 0.3 is 6.18 Å². The Hall–Kier alpha value is -3.88. The highest BCUT2D eigenvalue weighted by atomic mass is 19.4. The lowest BCUT2D eigenvalue weighted by molar-refractivity contribution is -0.137. The van der Waals surface area contributed by atoms with E-state index in [4.69, 9.17) is 4.74 Å². The number of imidazole rings is 1. The summed E-state index contributed by atoms with van der Waals surface area (Å²) in [5, 5.41) is 6.93. The summed E-state index contributed by atoms with van der Waals surface area (Å²) >= 11 is 0. The van der Waals surface area contributed by atoms with Crippen LogP contribution in [0.3, 0.4) is 0 Å². The fraction of sp³-hybridized carbons (Fsp3) is 0.136. The second-order valence-electron chi connectivity index (χ2n) is 6.72. The molecule has 0 saturated heterocycles. The summed E-state index contributed by atoms with van der Waals surface area (Å²) in [5.41, 5.74) is 0.997. The Morgan fingerprint density at radius 2 is 1.90 bits per heavy atom. The quantitative estimate of drug-likeness (QED) is 0.467. The third kappa shape index (κ3) is 4.66. The number of amides is 1. The van der Waals surface area contributed by atoms with Crippen molar-refractivity contribution in [1.29, 1.82) is 0 Å². The highest BCUT2D eigenvalue weighted by Crippen LogP contribution is 2.30. The predicted octanol–water partition coefficient (Wildman–Crippen LogP) is 5.36. The molecule has 0 unspecified atom stereocenters. The first-order valence-electron chi connectivity index (χ1n) is 9.43. The monoisotopic (exact) mass is 426 g/mol. The number of aromatic nitrogens is 3. The van der Waals surface area contributed by atoms with E-state index in [2.05, 4.69) is 15.4 Å². The van der Waals surface area contributed by atoms with Crippen molar-refractivity contribution in [1.82, 2.24) is 14.6 Å². The number of rotatable bonds is 5. The molecule has 0 radical (unpaired) electrons. The van der Waals surface area contributed by atoms with E-state index >= 15 is 0 Å². The molecular weight excluding hydrogens is 409 g/mol. The molecule has 0 aliphatic rings. The molecule has 4 rings (SSSR count). The molecule has 0 fully saturated rings. The van der Waals surface area contributed by atoms with Crippen molar-refractivity contribution in [2.45, 2.75) is 19.5 Å². The molecule has 0 aliphatic heterocycles. The second-order valence-corrected chi connectivity index (χ2v) is 6.72. The van der Waals surface area contributed by atoms with Gasteiger partial charge in [0, 0.05) is 23.4 Å². The summed E-state index contributed by atoms with van der Waals surface area (Å²) in [5.74, 6) is 0.0757. The van der Waals surface area contributed by atoms with Gasteiger partial charge in [-0.1, -0.05) is 19.1 Å². The van der Waals surface area contributed by atoms with Gasteiger partial charge in [0.25, 0.3) is 5.91 Å². The van der Waals surface area contributed by atoms with E-state index in [0.717, 1.165) is 24.2 Å². The van der Waals surface area contributed by atoms with Gasteiger partial charge in [0.1, 0.15) is 5.75 Å². The van der Waals surface area contributed by atoms with E-state index in [0.29, 0.717) is 23.0 Å². The largest absolute Gasteiger partial charge is 0.438 e. The van der Waals surface area contributed by atoms with E-state index < -0.39 is 17.6 Å². The average Bonchev–Trinajstić information content (AvgIpc) is 3.16. The normalized spacial score (nSPS) is 11.5. The van der Waals surface area contributed by atoms with Gasteiger partial charge in [-0.25, -0.2) is 9.50 Å². The smallest absolute Gasteiger partial charge is 0.416 e. The van der Waals surface area contributed by atoms with Gasteiger partial charge in [-0.15, -0.1) is 5.10 Å². The predicted molar refractivity (Wildman–Crippen MR) is 108 cm³/mol. The number of benzene rings is 2. The molecule has 2 aromatic carbocycles. The zero-order valence-corrected chi connectivity index (χ0v) is 16.3. The summed E-state index contributed by atoms with van der Waals surface area (Å²) in [6, 6.07) is 14.2. The number of halogens is 3. The number of hydrogen-bond donors (Lipinski definition) is 1. The molecule has 9 heteroatoms. The van der Waals surface area contributed by atoms with Crippen LogP contribution in [0, 0.1) is 0 Å². The highest BCUT2D eigenvalue weighted by Gasteiger charge is 2.30. The number of alkyl halides is 3. The van der Waals surface area contributed by atoms with Crippen LogP contribution in [-0.2, 0) is 12.6 Å². The van der Waals surface area contributed by atoms with Gasteiger partial charge in [-0.2, -0.15) is 13.2 Å². The zero-order valence-electron chi connectivity index (χ0n) is 16.3. The number of nitrogens with zero attached hydrogens (tertiary/aromatic N) is 3. The Kier molecular flexibility index (Phi) is 5.33. The number of hydrogen-bond acceptors (Lipinski definition) is 4. The van der Waals surface area contributed by atoms with E-state index in [9.17, 15) is 18.0 Å². The summed E-state index contributed by atoms with van der Waals surface area (Å²) in [7, 11) is 0. The molecule has 0 atom stereocenters. The molecule has 4 aromatic rings. The summed E-state index contributed by atoms with van der Waals surface area (Å²) in [6.45, 7) is 2.00. The number of ether oxygens (including phenoxy) is 1. The zero-order chi connectivity index (χ0) is 22.0. The number of anilines is 1. The van der Waals surface area contributed by atoms with Crippen LogP contribution in [0.5, 0.6) is 11.6 Å². The maximum atomic E-state index is 12.9. The molecular formula is C22H17F3N4O2. The molecule has 1 amide bonds. The van der Waals surface area contributed by atoms with Crippen LogP contribution in [0.15, 0.2) is 66.9 Å². The highest BCUT2D eigenvalue weighted by molar-refractivity contribution is 6.04. The lowest BCUT2D eigenvalue weighted by atomic mass is 10.1. The molecule has 0 saturated carbocycles. The van der Waals surface area contributed by atoms with Crippen molar-refractivity contribution >= 4 is 17.2 Å². The third-order valence-electron chi connectivity index (χ3n) is 4.47. The Bertz CT molecular complexity index is 1250. The van der Waals surface area contributed by atoms with Crippen LogP contribution >= 0.6 is 0 Å². The van der Waals surface area contributed by atoms with Gasteiger partial charge in [0.15, 0.2) is 5.65 Å². The van der Waals surface area contributed by atoms with E-state index in [-0.39, 0.29) is 5.56 Å². The molecule has 6 nitrogen and oxygen atoms in total. The molecule has 2 heterocycles. The molecule has 0 spiro atoms. The van der Waals surface area contributed by atoms with Gasteiger partial charge in [0.2, 0.25) is 5.88 Å². The molecule has 2 aromatic heterocycles. The number of nitrogens with one attached hydrogen (secondary N) is 1. The fourth-order valence-corrected chi connectivity index (χ4v) is 2.94. The number of carbonyl (C=O) groups is 1. The Balaban J connectivity index is 1.50. The lowest BCUT2D eigenvalue weighted by Gasteiger charge is -2.10. The molecule has 0 aliphatic carbocycles. The SMILES string of the molecule is CCc1cn2nc(Oc3cccc(NC(=O)c4cccc(C(F)(F)F)c4)c3)ccc2n1. The number of aryl methyl sites for hydroxylation is 1. The fourth-order valence-electron chi connectivity index (χ4n) is 2.94. The topological polar surface area (TPSA) is 68.5 Å². The minimum atomic E-state index is -4.52. The first kappa shape index (κ1) is 20.4. The van der Waals surface area contributed by atoms with Crippen LogP contribution in [0.25, 0.3) is 5.65 Å². The Morgan fingerprint density at radius 1 is 1.10 bits per heavy atom. The molecule has 0 bridgehead atoms. The van der Waals surface area contributed by atoms with Crippen LogP contribution < -0.4 is 10.1 Å². The minimum Gasteiger partial charge on any atom is -0.438 e. The summed E-state index contributed by atoms with van der Waals surface area (Å²) < 4.78 is 46.0. The van der Waals surface area contributed by atoms with Crippen molar-refractivity contribution in [3.63, 3.8) is 0 Å². The molecule has 158 valence electrons. The van der Waals surface area contributed by atoms with Crippen molar-refractivity contribution in [3.05, 3.63) is 83.7 Å². The lowest BCUT2D eigenvalue weighted by Crippen LogP contribution is -2.13. The van der Waals surface area contributed by atoms with Gasteiger partial charge in [0.05, 0.1) is 17.5 Å². The van der Waals surface area contributed by atoms with Crippen LogP contribution in [-0.4, -0.2) is 20.5 Å². The Morgan fingerprint density at radius 3 is 2.68 bits per heavy atom.